The molecule has 0 radical (unpaired) electrons. The number of anilines is 1. The first kappa shape index (κ1) is 24.9. The van der Waals surface area contributed by atoms with E-state index in [1.54, 1.807) is 36.4 Å². The van der Waals surface area contributed by atoms with Crippen molar-refractivity contribution in [1.82, 2.24) is 0 Å². The number of methoxy groups -OCH3 is 2. The zero-order valence-corrected chi connectivity index (χ0v) is 19.4. The Balaban J connectivity index is 2.31. The third-order valence-electron chi connectivity index (χ3n) is 4.23. The zero-order valence-electron chi connectivity index (χ0n) is 18.6. The molecule has 0 spiro atoms. The summed E-state index contributed by atoms with van der Waals surface area (Å²) >= 11 is 6.27. The van der Waals surface area contributed by atoms with Gasteiger partial charge in [0.1, 0.15) is 17.2 Å². The quantitative estimate of drug-likeness (QED) is 0.271. The Morgan fingerprint density at radius 1 is 0.969 bits per heavy atom. The van der Waals surface area contributed by atoms with Gasteiger partial charge in [0.25, 0.3) is 5.91 Å². The van der Waals surface area contributed by atoms with Crippen LogP contribution in [0.5, 0.6) is 23.0 Å². The Labute approximate surface area is 192 Å². The summed E-state index contributed by atoms with van der Waals surface area (Å²) < 4.78 is 22.3. The van der Waals surface area contributed by atoms with Gasteiger partial charge in [0.15, 0.2) is 17.3 Å². The van der Waals surface area contributed by atoms with Gasteiger partial charge in [-0.2, -0.15) is 10.2 Å². The molecule has 9 nitrogen and oxygen atoms in total. The second kappa shape index (κ2) is 11.9. The van der Waals surface area contributed by atoms with E-state index in [9.17, 15) is 9.59 Å². The topological polar surface area (TPSA) is 99.0 Å². The number of azo groups is 1. The van der Waals surface area contributed by atoms with Gasteiger partial charge in [0, 0.05) is 23.9 Å². The highest BCUT2D eigenvalue weighted by molar-refractivity contribution is 6.39. The van der Waals surface area contributed by atoms with Crippen LogP contribution in [-0.4, -0.2) is 45.2 Å². The predicted molar refractivity (Wildman–Crippen MR) is 121 cm³/mol. The number of halogens is 1. The fourth-order valence-electron chi connectivity index (χ4n) is 2.69. The van der Waals surface area contributed by atoms with Gasteiger partial charge in [0.2, 0.25) is 6.04 Å². The molecule has 0 N–H and O–H groups in total. The summed E-state index contributed by atoms with van der Waals surface area (Å²) in [6.07, 6.45) is 0. The molecule has 2 aromatic carbocycles. The molecule has 1 unspecified atom stereocenters. The Kier molecular flexibility index (Phi) is 9.27. The van der Waals surface area contributed by atoms with Gasteiger partial charge in [-0.3, -0.25) is 9.59 Å². The van der Waals surface area contributed by atoms with Gasteiger partial charge in [-0.25, -0.2) is 4.42 Å². The van der Waals surface area contributed by atoms with Gasteiger partial charge < -0.3 is 18.9 Å². The van der Waals surface area contributed by atoms with E-state index in [2.05, 4.69) is 10.2 Å². The maximum Gasteiger partial charge on any atom is 0.276 e. The molecule has 0 aliphatic rings. The Bertz CT molecular complexity index is 982. The highest BCUT2D eigenvalue weighted by Gasteiger charge is 2.29. The van der Waals surface area contributed by atoms with Crippen LogP contribution in [0.1, 0.15) is 20.8 Å². The van der Waals surface area contributed by atoms with Crippen molar-refractivity contribution < 1.29 is 28.5 Å². The fraction of sp³-hybridized carbons (Fsp3) is 0.364. The molecule has 2 rings (SSSR count). The van der Waals surface area contributed by atoms with Gasteiger partial charge in [-0.15, -0.1) is 0 Å². The van der Waals surface area contributed by atoms with Crippen molar-refractivity contribution in [2.75, 3.05) is 31.9 Å². The average molecular weight is 464 g/mol. The molecule has 0 saturated carbocycles. The highest BCUT2D eigenvalue weighted by Crippen LogP contribution is 2.34. The summed E-state index contributed by atoms with van der Waals surface area (Å²) in [7, 11) is 2.98. The molecule has 0 fully saturated rings. The Morgan fingerprint density at radius 2 is 1.66 bits per heavy atom. The smallest absolute Gasteiger partial charge is 0.276 e. The molecule has 0 aliphatic heterocycles. The maximum absolute atomic E-state index is 12.9. The summed E-state index contributed by atoms with van der Waals surface area (Å²) in [6.45, 7) is 5.76. The third kappa shape index (κ3) is 6.10. The van der Waals surface area contributed by atoms with Crippen LogP contribution in [0.4, 0.5) is 11.4 Å². The van der Waals surface area contributed by atoms with Crippen LogP contribution in [0.15, 0.2) is 46.6 Å². The number of ether oxygens (including phenoxy) is 4. The SMILES string of the molecule is CCOc1ccc(N(Cl)C(=O)C(N=Nc2ccc(OC)cc2OC)C(C)=O)cc1OCC. The van der Waals surface area contributed by atoms with E-state index >= 15 is 0 Å². The lowest BCUT2D eigenvalue weighted by molar-refractivity contribution is -0.126. The molecule has 1 atom stereocenters. The molecular formula is C22H26ClN3O6. The standard InChI is InChI=1S/C22H26ClN3O6/c1-6-31-18-11-8-15(12-20(18)32-7-2)26(23)22(28)21(14(3)27)25-24-17-10-9-16(29-4)13-19(17)30-5/h8-13,21H,6-7H2,1-5H3. The number of amides is 1. The van der Waals surface area contributed by atoms with E-state index in [-0.39, 0.29) is 0 Å². The summed E-state index contributed by atoms with van der Waals surface area (Å²) in [5, 5.41) is 7.96. The summed E-state index contributed by atoms with van der Waals surface area (Å²) in [4.78, 5) is 25.1. The fourth-order valence-corrected chi connectivity index (χ4v) is 2.89. The van der Waals surface area contributed by atoms with Gasteiger partial charge in [-0.1, -0.05) is 0 Å². The number of benzene rings is 2. The average Bonchev–Trinajstić information content (AvgIpc) is 2.79. The minimum Gasteiger partial charge on any atom is -0.497 e. The van der Waals surface area contributed by atoms with Crippen LogP contribution in [0.25, 0.3) is 0 Å². The summed E-state index contributed by atoms with van der Waals surface area (Å²) in [5.41, 5.74) is 0.625. The molecule has 1 amide bonds. The van der Waals surface area contributed by atoms with E-state index in [1.165, 1.54) is 21.1 Å². The number of carbonyl (C=O) groups is 2. The molecule has 0 saturated heterocycles. The highest BCUT2D eigenvalue weighted by atomic mass is 35.5. The first-order valence-corrected chi connectivity index (χ1v) is 10.2. The number of ketones is 1. The van der Waals surface area contributed by atoms with Crippen LogP contribution in [0.2, 0.25) is 0 Å². The van der Waals surface area contributed by atoms with E-state index in [0.717, 1.165) is 4.42 Å². The lowest BCUT2D eigenvalue weighted by Crippen LogP contribution is -2.36. The van der Waals surface area contributed by atoms with E-state index in [4.69, 9.17) is 30.7 Å². The molecule has 0 aliphatic carbocycles. The molecule has 10 heteroatoms. The lowest BCUT2D eigenvalue weighted by Gasteiger charge is -2.19. The van der Waals surface area contributed by atoms with Crippen LogP contribution in [-0.2, 0) is 9.59 Å². The second-order valence-corrected chi connectivity index (χ2v) is 6.72. The Hall–Kier alpha value is -3.33. The van der Waals surface area contributed by atoms with Crippen molar-refractivity contribution in [2.45, 2.75) is 26.8 Å². The number of hydrogen-bond donors (Lipinski definition) is 0. The van der Waals surface area contributed by atoms with Crippen molar-refractivity contribution >= 4 is 34.8 Å². The van der Waals surface area contributed by atoms with E-state index in [1.807, 2.05) is 13.8 Å². The number of carbonyl (C=O) groups excluding carboxylic acids is 2. The largest absolute Gasteiger partial charge is 0.497 e. The van der Waals surface area contributed by atoms with E-state index in [0.29, 0.717) is 47.6 Å². The Morgan fingerprint density at radius 3 is 2.25 bits per heavy atom. The number of nitrogens with zero attached hydrogens (tertiary/aromatic N) is 3. The molecule has 0 heterocycles. The first-order valence-electron chi connectivity index (χ1n) is 9.88. The van der Waals surface area contributed by atoms with Crippen molar-refractivity contribution in [1.29, 1.82) is 0 Å². The van der Waals surface area contributed by atoms with E-state index < -0.39 is 17.7 Å². The van der Waals surface area contributed by atoms with Crippen LogP contribution in [0, 0.1) is 0 Å². The maximum atomic E-state index is 12.9. The zero-order chi connectivity index (χ0) is 23.7. The molecule has 32 heavy (non-hydrogen) atoms. The van der Waals surface area contributed by atoms with Gasteiger partial charge in [-0.05, 0) is 45.0 Å². The lowest BCUT2D eigenvalue weighted by atomic mass is 10.2. The van der Waals surface area contributed by atoms with Crippen molar-refractivity contribution in [3.8, 4) is 23.0 Å². The number of rotatable bonds is 11. The van der Waals surface area contributed by atoms with Crippen LogP contribution >= 0.6 is 11.8 Å². The van der Waals surface area contributed by atoms with Gasteiger partial charge in [0.05, 0.1) is 33.1 Å². The van der Waals surface area contributed by atoms with Crippen molar-refractivity contribution in [3.05, 3.63) is 36.4 Å². The van der Waals surface area contributed by atoms with Crippen LogP contribution < -0.4 is 23.4 Å². The minimum atomic E-state index is -1.44. The number of Topliss-reactive ketones (excluding diaryl/α,β-unsaturated/α-hetero) is 1. The molecule has 0 aromatic heterocycles. The third-order valence-corrected chi connectivity index (χ3v) is 4.60. The first-order chi connectivity index (χ1) is 15.4. The van der Waals surface area contributed by atoms with Gasteiger partial charge >= 0.3 is 0 Å². The monoisotopic (exact) mass is 463 g/mol. The number of hydrogen-bond acceptors (Lipinski definition) is 8. The van der Waals surface area contributed by atoms with Crippen LogP contribution in [0.3, 0.4) is 0 Å². The normalized spacial score (nSPS) is 11.7. The second-order valence-electron chi connectivity index (χ2n) is 6.38. The molecule has 0 bridgehead atoms. The summed E-state index contributed by atoms with van der Waals surface area (Å²) in [6, 6.07) is 8.20. The minimum absolute atomic E-state index is 0.298. The molecular weight excluding hydrogens is 438 g/mol. The molecule has 2 aromatic rings. The summed E-state index contributed by atoms with van der Waals surface area (Å²) in [5.74, 6) is 0.597. The van der Waals surface area contributed by atoms with Crippen molar-refractivity contribution in [3.63, 3.8) is 0 Å². The molecule has 172 valence electrons. The van der Waals surface area contributed by atoms with Crippen molar-refractivity contribution in [2.24, 2.45) is 10.2 Å². The predicted octanol–water partition coefficient (Wildman–Crippen LogP) is 4.73.